The van der Waals surface area contributed by atoms with Crippen LogP contribution in [-0.2, 0) is 0 Å². The van der Waals surface area contributed by atoms with E-state index in [1.807, 2.05) is 36.1 Å². The van der Waals surface area contributed by atoms with Gasteiger partial charge in [-0.25, -0.2) is 8.78 Å². The zero-order valence-electron chi connectivity index (χ0n) is 11.6. The van der Waals surface area contributed by atoms with Crippen LogP contribution in [0.3, 0.4) is 0 Å². The van der Waals surface area contributed by atoms with Crippen molar-refractivity contribution in [2.24, 2.45) is 5.73 Å². The van der Waals surface area contributed by atoms with Crippen LogP contribution in [0.1, 0.15) is 17.2 Å². The quantitative estimate of drug-likeness (QED) is 0.927. The molecule has 2 aromatic rings. The van der Waals surface area contributed by atoms with Crippen molar-refractivity contribution in [3.05, 3.63) is 65.2 Å². The second-order valence-corrected chi connectivity index (χ2v) is 4.78. The highest BCUT2D eigenvalue weighted by atomic mass is 19.1. The zero-order valence-corrected chi connectivity index (χ0v) is 11.6. The molecule has 106 valence electrons. The minimum atomic E-state index is -0.569. The summed E-state index contributed by atoms with van der Waals surface area (Å²) in [5.41, 5.74) is 7.71. The zero-order chi connectivity index (χ0) is 14.7. The second-order valence-electron chi connectivity index (χ2n) is 4.78. The van der Waals surface area contributed by atoms with Crippen LogP contribution in [0.5, 0.6) is 0 Å². The highest BCUT2D eigenvalue weighted by molar-refractivity contribution is 5.54. The van der Waals surface area contributed by atoms with Crippen LogP contribution in [0.25, 0.3) is 0 Å². The predicted octanol–water partition coefficient (Wildman–Crippen LogP) is 3.41. The third-order valence-corrected chi connectivity index (χ3v) is 3.52. The number of nitrogens with two attached hydrogens (primary N) is 1. The van der Waals surface area contributed by atoms with Crippen LogP contribution in [0.2, 0.25) is 0 Å². The molecule has 1 atom stereocenters. The Morgan fingerprint density at radius 3 is 2.20 bits per heavy atom. The molecule has 20 heavy (non-hydrogen) atoms. The molecule has 0 aliphatic rings. The van der Waals surface area contributed by atoms with Gasteiger partial charge in [0, 0.05) is 24.8 Å². The Bertz CT molecular complexity index is 579. The fourth-order valence-corrected chi connectivity index (χ4v) is 2.43. The molecule has 4 heteroatoms. The van der Waals surface area contributed by atoms with E-state index in [2.05, 4.69) is 0 Å². The first kappa shape index (κ1) is 14.5. The molecule has 2 rings (SSSR count). The third-order valence-electron chi connectivity index (χ3n) is 3.52. The van der Waals surface area contributed by atoms with Gasteiger partial charge in [0.1, 0.15) is 11.6 Å². The van der Waals surface area contributed by atoms with E-state index in [0.717, 1.165) is 11.3 Å². The van der Waals surface area contributed by atoms with Crippen LogP contribution < -0.4 is 10.6 Å². The standard InChI is InChI=1S/C16H18F2N2/c1-11-6-3-4-9-14(11)20(2)15(10-19)16-12(17)7-5-8-13(16)18/h3-9,15H,10,19H2,1-2H3. The first-order valence-electron chi connectivity index (χ1n) is 6.48. The molecule has 0 saturated carbocycles. The highest BCUT2D eigenvalue weighted by Crippen LogP contribution is 2.30. The van der Waals surface area contributed by atoms with E-state index in [1.54, 1.807) is 7.05 Å². The summed E-state index contributed by atoms with van der Waals surface area (Å²) in [4.78, 5) is 1.82. The van der Waals surface area contributed by atoms with Crippen molar-refractivity contribution in [1.29, 1.82) is 0 Å². The lowest BCUT2D eigenvalue weighted by atomic mass is 10.0. The normalized spacial score (nSPS) is 12.2. The number of aryl methyl sites for hydroxylation is 1. The molecular formula is C16H18F2N2. The summed E-state index contributed by atoms with van der Waals surface area (Å²) in [6.07, 6.45) is 0. The van der Waals surface area contributed by atoms with Gasteiger partial charge >= 0.3 is 0 Å². The molecule has 0 radical (unpaired) electrons. The van der Waals surface area contributed by atoms with E-state index in [9.17, 15) is 8.78 Å². The van der Waals surface area contributed by atoms with Gasteiger partial charge in [0.15, 0.2) is 0 Å². The van der Waals surface area contributed by atoms with Crippen molar-refractivity contribution in [1.82, 2.24) is 0 Å². The van der Waals surface area contributed by atoms with Gasteiger partial charge in [-0.1, -0.05) is 24.3 Å². The van der Waals surface area contributed by atoms with Gasteiger partial charge in [0.25, 0.3) is 0 Å². The molecule has 0 heterocycles. The van der Waals surface area contributed by atoms with E-state index < -0.39 is 17.7 Å². The van der Waals surface area contributed by atoms with E-state index in [4.69, 9.17) is 5.73 Å². The molecule has 0 aromatic heterocycles. The summed E-state index contributed by atoms with van der Waals surface area (Å²) in [6, 6.07) is 11.0. The SMILES string of the molecule is Cc1ccccc1N(C)C(CN)c1c(F)cccc1F. The lowest BCUT2D eigenvalue weighted by molar-refractivity contribution is 0.519. The van der Waals surface area contributed by atoms with Crippen molar-refractivity contribution in [2.75, 3.05) is 18.5 Å². The largest absolute Gasteiger partial charge is 0.366 e. The number of hydrogen-bond acceptors (Lipinski definition) is 2. The van der Waals surface area contributed by atoms with Crippen LogP contribution in [0.15, 0.2) is 42.5 Å². The van der Waals surface area contributed by atoms with Gasteiger partial charge in [-0.3, -0.25) is 0 Å². The molecule has 0 amide bonds. The predicted molar refractivity (Wildman–Crippen MR) is 77.7 cm³/mol. The molecular weight excluding hydrogens is 258 g/mol. The maximum atomic E-state index is 13.9. The van der Waals surface area contributed by atoms with E-state index >= 15 is 0 Å². The molecule has 0 fully saturated rings. The molecule has 2 aromatic carbocycles. The van der Waals surface area contributed by atoms with E-state index in [0.29, 0.717) is 0 Å². The Morgan fingerprint density at radius 2 is 1.65 bits per heavy atom. The topological polar surface area (TPSA) is 29.3 Å². The fraction of sp³-hybridized carbons (Fsp3) is 0.250. The Labute approximate surface area is 117 Å². The summed E-state index contributed by atoms with van der Waals surface area (Å²) >= 11 is 0. The molecule has 2 N–H and O–H groups in total. The Kier molecular flexibility index (Phi) is 4.35. The van der Waals surface area contributed by atoms with Gasteiger partial charge in [-0.05, 0) is 30.7 Å². The summed E-state index contributed by atoms with van der Waals surface area (Å²) in [6.45, 7) is 2.08. The van der Waals surface area contributed by atoms with Gasteiger partial charge in [-0.2, -0.15) is 0 Å². The van der Waals surface area contributed by atoms with Crippen LogP contribution in [0.4, 0.5) is 14.5 Å². The maximum Gasteiger partial charge on any atom is 0.131 e. The number of likely N-dealkylation sites (N-methyl/N-ethyl adjacent to an activating group) is 1. The van der Waals surface area contributed by atoms with Crippen molar-refractivity contribution in [3.63, 3.8) is 0 Å². The van der Waals surface area contributed by atoms with Crippen molar-refractivity contribution < 1.29 is 8.78 Å². The number of rotatable bonds is 4. The number of anilines is 1. The molecule has 2 nitrogen and oxygen atoms in total. The lowest BCUT2D eigenvalue weighted by Gasteiger charge is -2.31. The van der Waals surface area contributed by atoms with Gasteiger partial charge in [0.05, 0.1) is 6.04 Å². The van der Waals surface area contributed by atoms with Gasteiger partial charge < -0.3 is 10.6 Å². The smallest absolute Gasteiger partial charge is 0.131 e. The van der Waals surface area contributed by atoms with Gasteiger partial charge in [0.2, 0.25) is 0 Å². The summed E-state index contributed by atoms with van der Waals surface area (Å²) in [5.74, 6) is -1.14. The summed E-state index contributed by atoms with van der Waals surface area (Å²) < 4.78 is 27.9. The lowest BCUT2D eigenvalue weighted by Crippen LogP contribution is -2.32. The second kappa shape index (κ2) is 6.01. The van der Waals surface area contributed by atoms with Crippen LogP contribution >= 0.6 is 0 Å². The molecule has 0 bridgehead atoms. The Morgan fingerprint density at radius 1 is 1.05 bits per heavy atom. The number of benzene rings is 2. The molecule has 1 unspecified atom stereocenters. The van der Waals surface area contributed by atoms with E-state index in [-0.39, 0.29) is 12.1 Å². The first-order chi connectivity index (χ1) is 9.56. The number of para-hydroxylation sites is 1. The van der Waals surface area contributed by atoms with Crippen molar-refractivity contribution in [3.8, 4) is 0 Å². The highest BCUT2D eigenvalue weighted by Gasteiger charge is 2.23. The monoisotopic (exact) mass is 276 g/mol. The molecule has 0 aliphatic carbocycles. The molecule has 0 saturated heterocycles. The average molecular weight is 276 g/mol. The summed E-state index contributed by atoms with van der Waals surface area (Å²) in [5, 5.41) is 0. The Hall–Kier alpha value is -1.94. The minimum Gasteiger partial charge on any atom is -0.366 e. The number of halogens is 2. The number of nitrogens with zero attached hydrogens (tertiary/aromatic N) is 1. The maximum absolute atomic E-state index is 13.9. The summed E-state index contributed by atoms with van der Waals surface area (Å²) in [7, 11) is 1.80. The third kappa shape index (κ3) is 2.65. The van der Waals surface area contributed by atoms with Gasteiger partial charge in [-0.15, -0.1) is 0 Å². The Balaban J connectivity index is 2.45. The molecule has 0 aliphatic heterocycles. The van der Waals surface area contributed by atoms with Crippen LogP contribution in [-0.4, -0.2) is 13.6 Å². The van der Waals surface area contributed by atoms with E-state index in [1.165, 1.54) is 18.2 Å². The minimum absolute atomic E-state index is 0.0146. The average Bonchev–Trinajstić information content (AvgIpc) is 2.43. The van der Waals surface area contributed by atoms with Crippen molar-refractivity contribution >= 4 is 5.69 Å². The molecule has 0 spiro atoms. The fourth-order valence-electron chi connectivity index (χ4n) is 2.43. The van der Waals surface area contributed by atoms with Crippen molar-refractivity contribution in [2.45, 2.75) is 13.0 Å². The van der Waals surface area contributed by atoms with Crippen LogP contribution in [0, 0.1) is 18.6 Å². The number of hydrogen-bond donors (Lipinski definition) is 1. The first-order valence-corrected chi connectivity index (χ1v) is 6.48.